The van der Waals surface area contributed by atoms with Crippen molar-refractivity contribution in [3.05, 3.63) is 23.8 Å². The van der Waals surface area contributed by atoms with Crippen molar-refractivity contribution < 1.29 is 13.2 Å². The zero-order valence-corrected chi connectivity index (χ0v) is 11.2. The predicted octanol–water partition coefficient (Wildman–Crippen LogP) is 3.24. The molecule has 0 spiro atoms. The third-order valence-corrected chi connectivity index (χ3v) is 4.49. The van der Waals surface area contributed by atoms with Gasteiger partial charge in [0.15, 0.2) is 0 Å². The summed E-state index contributed by atoms with van der Waals surface area (Å²) < 4.78 is 28.4. The molecule has 1 aliphatic rings. The summed E-state index contributed by atoms with van der Waals surface area (Å²) in [7, 11) is 1.67. The summed E-state index contributed by atoms with van der Waals surface area (Å²) in [4.78, 5) is 0.134. The molecular weight excluding hydrogens is 260 g/mol. The zero-order chi connectivity index (χ0) is 12.5. The first-order valence-corrected chi connectivity index (χ1v) is 8.00. The fraction of sp³-hybridized carbons (Fsp3) is 0.500. The normalized spacial score (nSPS) is 17.3. The smallest absolute Gasteiger partial charge is 0.261 e. The number of rotatable bonds is 3. The van der Waals surface area contributed by atoms with Crippen LogP contribution in [0.25, 0.3) is 0 Å². The molecule has 94 valence electrons. The van der Waals surface area contributed by atoms with Crippen LogP contribution in [0.4, 0.5) is 0 Å². The Labute approximate surface area is 106 Å². The fourth-order valence-electron chi connectivity index (χ4n) is 2.12. The number of ether oxygens (including phenoxy) is 1. The first-order valence-electron chi connectivity index (χ1n) is 5.69. The van der Waals surface area contributed by atoms with E-state index in [9.17, 15) is 8.42 Å². The second kappa shape index (κ2) is 4.86. The molecule has 1 aliphatic carbocycles. The van der Waals surface area contributed by atoms with Crippen LogP contribution in [0.3, 0.4) is 0 Å². The largest absolute Gasteiger partial charge is 0.490 e. The Bertz CT molecular complexity index is 504. The van der Waals surface area contributed by atoms with Gasteiger partial charge in [0, 0.05) is 16.7 Å². The highest BCUT2D eigenvalue weighted by Crippen LogP contribution is 2.28. The minimum Gasteiger partial charge on any atom is -0.490 e. The number of aryl methyl sites for hydroxylation is 1. The van der Waals surface area contributed by atoms with E-state index >= 15 is 0 Å². The van der Waals surface area contributed by atoms with E-state index in [0.717, 1.165) is 12.8 Å². The minimum atomic E-state index is -3.70. The molecule has 1 saturated carbocycles. The van der Waals surface area contributed by atoms with Crippen molar-refractivity contribution in [2.75, 3.05) is 0 Å². The lowest BCUT2D eigenvalue weighted by atomic mass is 10.2. The molecule has 0 amide bonds. The van der Waals surface area contributed by atoms with E-state index in [2.05, 4.69) is 0 Å². The average molecular weight is 275 g/mol. The molecule has 17 heavy (non-hydrogen) atoms. The van der Waals surface area contributed by atoms with Crippen molar-refractivity contribution in [2.45, 2.75) is 43.6 Å². The second-order valence-electron chi connectivity index (χ2n) is 4.39. The summed E-state index contributed by atoms with van der Waals surface area (Å²) in [6, 6.07) is 5.02. The third-order valence-electron chi connectivity index (χ3n) is 3.03. The first-order chi connectivity index (χ1) is 7.97. The molecule has 0 heterocycles. The number of hydrogen-bond acceptors (Lipinski definition) is 3. The molecule has 0 saturated heterocycles. The molecule has 1 fully saturated rings. The lowest BCUT2D eigenvalue weighted by Crippen LogP contribution is -2.11. The van der Waals surface area contributed by atoms with Crippen LogP contribution in [-0.2, 0) is 9.05 Å². The average Bonchev–Trinajstić information content (AvgIpc) is 2.72. The predicted molar refractivity (Wildman–Crippen MR) is 67.1 cm³/mol. The molecule has 1 aromatic carbocycles. The molecule has 2 rings (SSSR count). The quantitative estimate of drug-likeness (QED) is 0.795. The Morgan fingerprint density at radius 3 is 2.53 bits per heavy atom. The highest BCUT2D eigenvalue weighted by molar-refractivity contribution is 8.13. The molecule has 0 aliphatic heterocycles. The van der Waals surface area contributed by atoms with Gasteiger partial charge in [-0.1, -0.05) is 6.07 Å². The Morgan fingerprint density at radius 2 is 1.94 bits per heavy atom. The maximum absolute atomic E-state index is 11.4. The Hall–Kier alpha value is -0.740. The van der Waals surface area contributed by atoms with Crippen molar-refractivity contribution in [3.8, 4) is 5.75 Å². The molecule has 0 bridgehead atoms. The Balaban J connectivity index is 2.24. The van der Waals surface area contributed by atoms with Crippen LogP contribution < -0.4 is 4.74 Å². The summed E-state index contributed by atoms with van der Waals surface area (Å²) in [5.74, 6) is 0.585. The van der Waals surface area contributed by atoms with E-state index in [1.807, 2.05) is 0 Å². The van der Waals surface area contributed by atoms with E-state index < -0.39 is 9.05 Å². The van der Waals surface area contributed by atoms with E-state index in [4.69, 9.17) is 15.4 Å². The fourth-order valence-corrected chi connectivity index (χ4v) is 3.32. The minimum absolute atomic E-state index is 0.134. The standard InChI is InChI=1S/C12H15ClO3S/c1-9-6-7-11(8-12(9)17(13,14)15)16-10-4-2-3-5-10/h6-8,10H,2-5H2,1H3. The molecule has 0 atom stereocenters. The van der Waals surface area contributed by atoms with E-state index in [0.29, 0.717) is 11.3 Å². The van der Waals surface area contributed by atoms with Gasteiger partial charge in [0.1, 0.15) is 5.75 Å². The van der Waals surface area contributed by atoms with Crippen LogP contribution >= 0.6 is 10.7 Å². The molecule has 1 aromatic rings. The van der Waals surface area contributed by atoms with Crippen LogP contribution in [0, 0.1) is 6.92 Å². The van der Waals surface area contributed by atoms with Gasteiger partial charge in [0.05, 0.1) is 11.0 Å². The SMILES string of the molecule is Cc1ccc(OC2CCCC2)cc1S(=O)(=O)Cl. The molecule has 0 N–H and O–H groups in total. The summed E-state index contributed by atoms with van der Waals surface area (Å²) >= 11 is 0. The van der Waals surface area contributed by atoms with Crippen LogP contribution in [0.15, 0.2) is 23.1 Å². The van der Waals surface area contributed by atoms with Gasteiger partial charge in [-0.25, -0.2) is 8.42 Å². The van der Waals surface area contributed by atoms with Crippen molar-refractivity contribution in [3.63, 3.8) is 0 Å². The van der Waals surface area contributed by atoms with Crippen molar-refractivity contribution in [1.82, 2.24) is 0 Å². The topological polar surface area (TPSA) is 43.4 Å². The van der Waals surface area contributed by atoms with Gasteiger partial charge >= 0.3 is 0 Å². The van der Waals surface area contributed by atoms with E-state index in [1.54, 1.807) is 19.1 Å². The van der Waals surface area contributed by atoms with Gasteiger partial charge in [0.2, 0.25) is 0 Å². The van der Waals surface area contributed by atoms with E-state index in [-0.39, 0.29) is 11.0 Å². The zero-order valence-electron chi connectivity index (χ0n) is 9.65. The summed E-state index contributed by atoms with van der Waals surface area (Å²) in [5, 5.41) is 0. The van der Waals surface area contributed by atoms with Gasteiger partial charge in [-0.05, 0) is 44.2 Å². The molecule has 0 unspecified atom stereocenters. The van der Waals surface area contributed by atoms with E-state index in [1.165, 1.54) is 18.9 Å². The van der Waals surface area contributed by atoms with Crippen LogP contribution in [0.5, 0.6) is 5.75 Å². The third kappa shape index (κ3) is 3.13. The van der Waals surface area contributed by atoms with Gasteiger partial charge in [-0.2, -0.15) is 0 Å². The van der Waals surface area contributed by atoms with Crippen molar-refractivity contribution in [2.24, 2.45) is 0 Å². The Kier molecular flexibility index (Phi) is 3.64. The highest BCUT2D eigenvalue weighted by atomic mass is 35.7. The highest BCUT2D eigenvalue weighted by Gasteiger charge is 2.19. The molecule has 0 radical (unpaired) electrons. The second-order valence-corrected chi connectivity index (χ2v) is 6.92. The van der Waals surface area contributed by atoms with Crippen LogP contribution in [0.2, 0.25) is 0 Å². The lowest BCUT2D eigenvalue weighted by molar-refractivity contribution is 0.209. The molecule has 3 nitrogen and oxygen atoms in total. The first kappa shape index (κ1) is 12.7. The maximum Gasteiger partial charge on any atom is 0.261 e. The molecular formula is C12H15ClO3S. The number of halogens is 1. The monoisotopic (exact) mass is 274 g/mol. The van der Waals surface area contributed by atoms with Gasteiger partial charge in [-0.3, -0.25) is 0 Å². The van der Waals surface area contributed by atoms with Gasteiger partial charge < -0.3 is 4.74 Å². The number of benzene rings is 1. The lowest BCUT2D eigenvalue weighted by Gasteiger charge is -2.14. The number of hydrogen-bond donors (Lipinski definition) is 0. The summed E-state index contributed by atoms with van der Waals surface area (Å²) in [6.07, 6.45) is 4.64. The van der Waals surface area contributed by atoms with Gasteiger partial charge in [-0.15, -0.1) is 0 Å². The molecule has 5 heteroatoms. The Morgan fingerprint density at radius 1 is 1.29 bits per heavy atom. The summed E-state index contributed by atoms with van der Waals surface area (Å²) in [6.45, 7) is 1.72. The van der Waals surface area contributed by atoms with Crippen LogP contribution in [0.1, 0.15) is 31.2 Å². The molecule has 0 aromatic heterocycles. The van der Waals surface area contributed by atoms with Crippen molar-refractivity contribution in [1.29, 1.82) is 0 Å². The van der Waals surface area contributed by atoms with Gasteiger partial charge in [0.25, 0.3) is 9.05 Å². The summed E-state index contributed by atoms with van der Waals surface area (Å²) in [5.41, 5.74) is 0.638. The maximum atomic E-state index is 11.4. The van der Waals surface area contributed by atoms with Crippen molar-refractivity contribution >= 4 is 19.7 Å². The van der Waals surface area contributed by atoms with Crippen LogP contribution in [-0.4, -0.2) is 14.5 Å².